The van der Waals surface area contributed by atoms with Crippen molar-refractivity contribution in [3.8, 4) is 0 Å². The van der Waals surface area contributed by atoms with Gasteiger partial charge >= 0.3 is 0 Å². The molecule has 0 amide bonds. The third-order valence-electron chi connectivity index (χ3n) is 4.01. The molecule has 0 unspecified atom stereocenters. The smallest absolute Gasteiger partial charge is 0.0637 e. The van der Waals surface area contributed by atoms with Crippen LogP contribution in [0.15, 0.2) is 48.5 Å². The van der Waals surface area contributed by atoms with E-state index in [4.69, 9.17) is 11.6 Å². The summed E-state index contributed by atoms with van der Waals surface area (Å²) in [5.74, 6) is 0. The number of piperidine rings is 1. The van der Waals surface area contributed by atoms with Crippen molar-refractivity contribution in [1.29, 1.82) is 0 Å². The number of nitrogens with one attached hydrogen (secondary N) is 1. The number of benzene rings is 2. The molecule has 2 aromatic carbocycles. The zero-order chi connectivity index (χ0) is 14.5. The second kappa shape index (κ2) is 6.86. The molecule has 1 heterocycles. The zero-order valence-corrected chi connectivity index (χ0v) is 12.9. The molecular weight excluding hydrogens is 280 g/mol. The summed E-state index contributed by atoms with van der Waals surface area (Å²) in [5, 5.41) is 4.15. The summed E-state index contributed by atoms with van der Waals surface area (Å²) in [6.07, 6.45) is 4.00. The lowest BCUT2D eigenvalue weighted by Gasteiger charge is -2.28. The number of hydrogen-bond acceptors (Lipinski definition) is 2. The van der Waals surface area contributed by atoms with E-state index in [2.05, 4.69) is 34.5 Å². The maximum absolute atomic E-state index is 6.15. The Balaban J connectivity index is 1.60. The van der Waals surface area contributed by atoms with Crippen LogP contribution in [-0.4, -0.2) is 13.1 Å². The first-order chi connectivity index (χ1) is 10.3. The Kier molecular flexibility index (Phi) is 4.66. The van der Waals surface area contributed by atoms with Gasteiger partial charge in [0.25, 0.3) is 0 Å². The van der Waals surface area contributed by atoms with Crippen molar-refractivity contribution in [3.05, 3.63) is 59.1 Å². The van der Waals surface area contributed by atoms with E-state index in [1.807, 2.05) is 24.3 Å². The topological polar surface area (TPSA) is 15.3 Å². The quantitative estimate of drug-likeness (QED) is 0.860. The molecular formula is C18H21ClN2. The van der Waals surface area contributed by atoms with E-state index >= 15 is 0 Å². The minimum atomic E-state index is 0.766. The Morgan fingerprint density at radius 3 is 2.33 bits per heavy atom. The number of rotatable bonds is 4. The highest BCUT2D eigenvalue weighted by Gasteiger charge is 2.10. The standard InChI is InChI=1S/C18H21ClN2/c19-17-6-2-3-7-18(17)20-14-15-8-10-16(11-9-15)21-12-4-1-5-13-21/h2-3,6-11,20H,1,4-5,12-14H2. The van der Waals surface area contributed by atoms with E-state index in [0.717, 1.165) is 17.3 Å². The largest absolute Gasteiger partial charge is 0.380 e. The van der Waals surface area contributed by atoms with Crippen LogP contribution < -0.4 is 10.2 Å². The number of halogens is 1. The fraction of sp³-hybridized carbons (Fsp3) is 0.333. The number of hydrogen-bond donors (Lipinski definition) is 1. The first-order valence-electron chi connectivity index (χ1n) is 7.65. The molecule has 3 heteroatoms. The summed E-state index contributed by atoms with van der Waals surface area (Å²) >= 11 is 6.15. The first-order valence-corrected chi connectivity index (χ1v) is 8.03. The molecule has 2 nitrogen and oxygen atoms in total. The Labute approximate surface area is 131 Å². The second-order valence-electron chi connectivity index (χ2n) is 5.55. The summed E-state index contributed by atoms with van der Waals surface area (Å²) in [6, 6.07) is 16.7. The van der Waals surface area contributed by atoms with Crippen LogP contribution in [0.3, 0.4) is 0 Å². The molecule has 0 radical (unpaired) electrons. The highest BCUT2D eigenvalue weighted by Crippen LogP contribution is 2.23. The normalized spacial score (nSPS) is 15.0. The molecule has 3 rings (SSSR count). The van der Waals surface area contributed by atoms with Gasteiger partial charge in [-0.1, -0.05) is 35.9 Å². The predicted molar refractivity (Wildman–Crippen MR) is 91.3 cm³/mol. The molecule has 0 spiro atoms. The Bertz CT molecular complexity index is 574. The van der Waals surface area contributed by atoms with Crippen molar-refractivity contribution in [2.24, 2.45) is 0 Å². The van der Waals surface area contributed by atoms with Crippen LogP contribution in [0.5, 0.6) is 0 Å². The molecule has 0 aliphatic carbocycles. The van der Waals surface area contributed by atoms with Gasteiger partial charge in [-0.3, -0.25) is 0 Å². The van der Waals surface area contributed by atoms with Crippen LogP contribution in [0.2, 0.25) is 5.02 Å². The van der Waals surface area contributed by atoms with Gasteiger partial charge in [0.05, 0.1) is 10.7 Å². The van der Waals surface area contributed by atoms with Gasteiger partial charge in [0.15, 0.2) is 0 Å². The van der Waals surface area contributed by atoms with Gasteiger partial charge in [0, 0.05) is 25.3 Å². The van der Waals surface area contributed by atoms with E-state index in [0.29, 0.717) is 0 Å². The Morgan fingerprint density at radius 2 is 1.62 bits per heavy atom. The molecule has 110 valence electrons. The molecule has 1 saturated heterocycles. The van der Waals surface area contributed by atoms with E-state index in [1.54, 1.807) is 0 Å². The number of anilines is 2. The molecule has 2 aromatic rings. The molecule has 1 aliphatic rings. The fourth-order valence-electron chi connectivity index (χ4n) is 2.78. The Morgan fingerprint density at radius 1 is 0.905 bits per heavy atom. The van der Waals surface area contributed by atoms with Crippen molar-refractivity contribution in [3.63, 3.8) is 0 Å². The van der Waals surface area contributed by atoms with Gasteiger partial charge in [-0.15, -0.1) is 0 Å². The van der Waals surface area contributed by atoms with Crippen LogP contribution in [0.25, 0.3) is 0 Å². The van der Waals surface area contributed by atoms with Gasteiger partial charge in [-0.2, -0.15) is 0 Å². The summed E-state index contributed by atoms with van der Waals surface area (Å²) in [6.45, 7) is 3.18. The lowest BCUT2D eigenvalue weighted by atomic mass is 10.1. The molecule has 1 N–H and O–H groups in total. The highest BCUT2D eigenvalue weighted by atomic mass is 35.5. The Hall–Kier alpha value is -1.67. The van der Waals surface area contributed by atoms with Gasteiger partial charge in [-0.25, -0.2) is 0 Å². The van der Waals surface area contributed by atoms with Gasteiger partial charge in [0.2, 0.25) is 0 Å². The first kappa shape index (κ1) is 14.3. The molecule has 21 heavy (non-hydrogen) atoms. The average Bonchev–Trinajstić information content (AvgIpc) is 2.55. The second-order valence-corrected chi connectivity index (χ2v) is 5.95. The zero-order valence-electron chi connectivity index (χ0n) is 12.2. The third kappa shape index (κ3) is 3.70. The molecule has 0 saturated carbocycles. The molecule has 0 atom stereocenters. The van der Waals surface area contributed by atoms with Gasteiger partial charge in [0.1, 0.15) is 0 Å². The lowest BCUT2D eigenvalue weighted by Crippen LogP contribution is -2.29. The van der Waals surface area contributed by atoms with Crippen molar-refractivity contribution >= 4 is 23.0 Å². The van der Waals surface area contributed by atoms with Crippen molar-refractivity contribution in [2.75, 3.05) is 23.3 Å². The molecule has 0 bridgehead atoms. The van der Waals surface area contributed by atoms with E-state index in [1.165, 1.54) is 43.6 Å². The van der Waals surface area contributed by atoms with Gasteiger partial charge < -0.3 is 10.2 Å². The number of para-hydroxylation sites is 1. The number of nitrogens with zero attached hydrogens (tertiary/aromatic N) is 1. The van der Waals surface area contributed by atoms with Crippen LogP contribution >= 0.6 is 11.6 Å². The lowest BCUT2D eigenvalue weighted by molar-refractivity contribution is 0.578. The fourth-order valence-corrected chi connectivity index (χ4v) is 2.98. The van der Waals surface area contributed by atoms with Crippen molar-refractivity contribution in [2.45, 2.75) is 25.8 Å². The van der Waals surface area contributed by atoms with E-state index in [9.17, 15) is 0 Å². The van der Waals surface area contributed by atoms with Crippen molar-refractivity contribution < 1.29 is 0 Å². The SMILES string of the molecule is Clc1ccccc1NCc1ccc(N2CCCCC2)cc1. The molecule has 1 aliphatic heterocycles. The van der Waals surface area contributed by atoms with Crippen LogP contribution in [0.1, 0.15) is 24.8 Å². The summed E-state index contributed by atoms with van der Waals surface area (Å²) < 4.78 is 0. The van der Waals surface area contributed by atoms with Crippen LogP contribution in [-0.2, 0) is 6.54 Å². The van der Waals surface area contributed by atoms with Crippen molar-refractivity contribution in [1.82, 2.24) is 0 Å². The monoisotopic (exact) mass is 300 g/mol. The van der Waals surface area contributed by atoms with Crippen LogP contribution in [0, 0.1) is 0 Å². The highest BCUT2D eigenvalue weighted by molar-refractivity contribution is 6.33. The van der Waals surface area contributed by atoms with E-state index < -0.39 is 0 Å². The minimum Gasteiger partial charge on any atom is -0.380 e. The van der Waals surface area contributed by atoms with Gasteiger partial charge in [-0.05, 0) is 49.1 Å². The minimum absolute atomic E-state index is 0.766. The maximum Gasteiger partial charge on any atom is 0.0637 e. The molecule has 0 aromatic heterocycles. The maximum atomic E-state index is 6.15. The third-order valence-corrected chi connectivity index (χ3v) is 4.34. The van der Waals surface area contributed by atoms with E-state index in [-0.39, 0.29) is 0 Å². The average molecular weight is 301 g/mol. The molecule has 1 fully saturated rings. The summed E-state index contributed by atoms with van der Waals surface area (Å²) in [4.78, 5) is 2.48. The summed E-state index contributed by atoms with van der Waals surface area (Å²) in [7, 11) is 0. The summed E-state index contributed by atoms with van der Waals surface area (Å²) in [5.41, 5.74) is 3.60. The predicted octanol–water partition coefficient (Wildman–Crippen LogP) is 4.94. The van der Waals surface area contributed by atoms with Crippen LogP contribution in [0.4, 0.5) is 11.4 Å².